The first-order valence-corrected chi connectivity index (χ1v) is 7.93. The van der Waals surface area contributed by atoms with E-state index in [2.05, 4.69) is 5.32 Å². The summed E-state index contributed by atoms with van der Waals surface area (Å²) in [4.78, 5) is 29.6. The minimum Gasteiger partial charge on any atom is -0.378 e. The lowest BCUT2D eigenvalue weighted by Gasteiger charge is -2.33. The standard InChI is InChI=1S/C17H26N4O2/c1-19(2)15-7-5-13(6-8-15)16(22)21-11-9-14(10-12-21)18-17(23)20(3)4/h5-8,14H,9-12H2,1-4H3,(H,18,23). The van der Waals surface area contributed by atoms with Crippen LogP contribution in [-0.4, -0.2) is 69.1 Å². The second kappa shape index (κ2) is 7.35. The molecule has 1 aliphatic rings. The van der Waals surface area contributed by atoms with Crippen LogP contribution in [-0.2, 0) is 0 Å². The number of urea groups is 1. The fourth-order valence-corrected chi connectivity index (χ4v) is 2.62. The molecular weight excluding hydrogens is 292 g/mol. The Morgan fingerprint density at radius 1 is 1.04 bits per heavy atom. The summed E-state index contributed by atoms with van der Waals surface area (Å²) in [5, 5.41) is 2.98. The molecule has 0 aliphatic carbocycles. The molecule has 6 heteroatoms. The van der Waals surface area contributed by atoms with E-state index in [-0.39, 0.29) is 18.0 Å². The van der Waals surface area contributed by atoms with Gasteiger partial charge in [0.25, 0.3) is 5.91 Å². The Morgan fingerprint density at radius 3 is 2.09 bits per heavy atom. The van der Waals surface area contributed by atoms with Crippen LogP contribution in [0.5, 0.6) is 0 Å². The van der Waals surface area contributed by atoms with Crippen molar-refractivity contribution < 1.29 is 9.59 Å². The highest BCUT2D eigenvalue weighted by atomic mass is 16.2. The smallest absolute Gasteiger partial charge is 0.317 e. The molecule has 1 saturated heterocycles. The van der Waals surface area contributed by atoms with Crippen LogP contribution in [0, 0.1) is 0 Å². The van der Waals surface area contributed by atoms with Gasteiger partial charge in [0, 0.05) is 58.6 Å². The fraction of sp³-hybridized carbons (Fsp3) is 0.529. The number of rotatable bonds is 3. The monoisotopic (exact) mass is 318 g/mol. The van der Waals surface area contributed by atoms with Crippen LogP contribution in [0.1, 0.15) is 23.2 Å². The summed E-state index contributed by atoms with van der Waals surface area (Å²) in [6, 6.07) is 7.73. The molecular formula is C17H26N4O2. The molecule has 3 amide bonds. The summed E-state index contributed by atoms with van der Waals surface area (Å²) >= 11 is 0. The van der Waals surface area contributed by atoms with Gasteiger partial charge in [-0.15, -0.1) is 0 Å². The Morgan fingerprint density at radius 2 is 1.61 bits per heavy atom. The van der Waals surface area contributed by atoms with Crippen LogP contribution in [0.4, 0.5) is 10.5 Å². The molecule has 2 rings (SSSR count). The topological polar surface area (TPSA) is 55.9 Å². The number of likely N-dealkylation sites (tertiary alicyclic amines) is 1. The maximum Gasteiger partial charge on any atom is 0.317 e. The van der Waals surface area contributed by atoms with Gasteiger partial charge in [0.1, 0.15) is 0 Å². The lowest BCUT2D eigenvalue weighted by molar-refractivity contribution is 0.0707. The van der Waals surface area contributed by atoms with Crippen LogP contribution < -0.4 is 10.2 Å². The van der Waals surface area contributed by atoms with Crippen LogP contribution in [0.3, 0.4) is 0 Å². The molecule has 0 radical (unpaired) electrons. The first-order chi connectivity index (χ1) is 10.9. The van der Waals surface area contributed by atoms with Gasteiger partial charge in [-0.2, -0.15) is 0 Å². The minimum absolute atomic E-state index is 0.0627. The van der Waals surface area contributed by atoms with E-state index in [1.807, 2.05) is 48.2 Å². The van der Waals surface area contributed by atoms with Crippen molar-refractivity contribution in [2.24, 2.45) is 0 Å². The second-order valence-corrected chi connectivity index (χ2v) is 6.35. The van der Waals surface area contributed by atoms with Crippen molar-refractivity contribution in [3.63, 3.8) is 0 Å². The molecule has 6 nitrogen and oxygen atoms in total. The molecule has 1 aromatic carbocycles. The van der Waals surface area contributed by atoms with Gasteiger partial charge in [0.15, 0.2) is 0 Å². The summed E-state index contributed by atoms with van der Waals surface area (Å²) in [5.41, 5.74) is 1.79. The van der Waals surface area contributed by atoms with Gasteiger partial charge in [-0.3, -0.25) is 4.79 Å². The molecule has 1 fully saturated rings. The number of carbonyl (C=O) groups is 2. The molecule has 23 heavy (non-hydrogen) atoms. The number of nitrogens with zero attached hydrogens (tertiary/aromatic N) is 3. The zero-order valence-corrected chi connectivity index (χ0v) is 14.4. The zero-order valence-electron chi connectivity index (χ0n) is 14.4. The molecule has 0 unspecified atom stereocenters. The largest absolute Gasteiger partial charge is 0.378 e. The van der Waals surface area contributed by atoms with Crippen molar-refractivity contribution in [3.8, 4) is 0 Å². The third-order valence-corrected chi connectivity index (χ3v) is 4.15. The van der Waals surface area contributed by atoms with Crippen LogP contribution >= 0.6 is 0 Å². The van der Waals surface area contributed by atoms with Crippen molar-refractivity contribution in [1.82, 2.24) is 15.1 Å². The minimum atomic E-state index is -0.0750. The van der Waals surface area contributed by atoms with E-state index in [4.69, 9.17) is 0 Å². The Labute approximate surface area is 138 Å². The normalized spacial score (nSPS) is 15.2. The number of carbonyl (C=O) groups excluding carboxylic acids is 2. The molecule has 0 bridgehead atoms. The molecule has 0 spiro atoms. The van der Waals surface area contributed by atoms with E-state index < -0.39 is 0 Å². The number of hydrogen-bond acceptors (Lipinski definition) is 3. The summed E-state index contributed by atoms with van der Waals surface area (Å²) in [7, 11) is 7.41. The number of anilines is 1. The van der Waals surface area contributed by atoms with Crippen LogP contribution in [0.15, 0.2) is 24.3 Å². The maximum absolute atomic E-state index is 12.5. The Kier molecular flexibility index (Phi) is 5.47. The van der Waals surface area contributed by atoms with E-state index in [1.165, 1.54) is 4.90 Å². The molecule has 0 atom stereocenters. The quantitative estimate of drug-likeness (QED) is 0.921. The second-order valence-electron chi connectivity index (χ2n) is 6.35. The first-order valence-electron chi connectivity index (χ1n) is 7.93. The zero-order chi connectivity index (χ0) is 17.0. The number of piperidine rings is 1. The molecule has 0 saturated carbocycles. The number of nitrogens with one attached hydrogen (secondary N) is 1. The highest BCUT2D eigenvalue weighted by Crippen LogP contribution is 2.17. The summed E-state index contributed by atoms with van der Waals surface area (Å²) in [5.74, 6) is 0.0627. The Hall–Kier alpha value is -2.24. The predicted molar refractivity (Wildman–Crippen MR) is 91.9 cm³/mol. The number of benzene rings is 1. The Balaban J connectivity index is 1.89. The van der Waals surface area contributed by atoms with Crippen molar-refractivity contribution >= 4 is 17.6 Å². The lowest BCUT2D eigenvalue weighted by Crippen LogP contribution is -2.48. The molecule has 126 valence electrons. The van der Waals surface area contributed by atoms with Gasteiger partial charge in [-0.05, 0) is 37.1 Å². The van der Waals surface area contributed by atoms with Gasteiger partial charge >= 0.3 is 6.03 Å². The maximum atomic E-state index is 12.5. The van der Waals surface area contributed by atoms with E-state index in [1.54, 1.807) is 14.1 Å². The van der Waals surface area contributed by atoms with E-state index >= 15 is 0 Å². The summed E-state index contributed by atoms with van der Waals surface area (Å²) < 4.78 is 0. The van der Waals surface area contributed by atoms with Gasteiger partial charge in [-0.1, -0.05) is 0 Å². The van der Waals surface area contributed by atoms with E-state index in [9.17, 15) is 9.59 Å². The van der Waals surface area contributed by atoms with Crippen molar-refractivity contribution in [1.29, 1.82) is 0 Å². The van der Waals surface area contributed by atoms with Crippen molar-refractivity contribution in [2.75, 3.05) is 46.2 Å². The van der Waals surface area contributed by atoms with Gasteiger partial charge < -0.3 is 20.0 Å². The lowest BCUT2D eigenvalue weighted by atomic mass is 10.0. The highest BCUT2D eigenvalue weighted by molar-refractivity contribution is 5.94. The summed E-state index contributed by atoms with van der Waals surface area (Å²) in [6.07, 6.45) is 1.59. The molecule has 1 aliphatic heterocycles. The van der Waals surface area contributed by atoms with Gasteiger partial charge in [0.2, 0.25) is 0 Å². The molecule has 1 heterocycles. The van der Waals surface area contributed by atoms with E-state index in [0.29, 0.717) is 18.7 Å². The molecule has 1 aromatic rings. The van der Waals surface area contributed by atoms with Gasteiger partial charge in [-0.25, -0.2) is 4.79 Å². The van der Waals surface area contributed by atoms with Crippen LogP contribution in [0.2, 0.25) is 0 Å². The number of hydrogen-bond donors (Lipinski definition) is 1. The number of amides is 3. The Bertz CT molecular complexity index is 546. The van der Waals surface area contributed by atoms with Gasteiger partial charge in [0.05, 0.1) is 0 Å². The average Bonchev–Trinajstić information content (AvgIpc) is 2.55. The summed E-state index contributed by atoms with van der Waals surface area (Å²) in [6.45, 7) is 1.35. The SMILES string of the molecule is CN(C)C(=O)NC1CCN(C(=O)c2ccc(N(C)C)cc2)CC1. The highest BCUT2D eigenvalue weighted by Gasteiger charge is 2.24. The average molecular weight is 318 g/mol. The van der Waals surface area contributed by atoms with E-state index in [0.717, 1.165) is 18.5 Å². The predicted octanol–water partition coefficient (Wildman–Crippen LogP) is 1.63. The molecule has 1 N–H and O–H groups in total. The first kappa shape index (κ1) is 17.1. The molecule has 0 aromatic heterocycles. The fourth-order valence-electron chi connectivity index (χ4n) is 2.62. The third kappa shape index (κ3) is 4.37. The van der Waals surface area contributed by atoms with Crippen LogP contribution in [0.25, 0.3) is 0 Å². The van der Waals surface area contributed by atoms with Crippen molar-refractivity contribution in [3.05, 3.63) is 29.8 Å². The van der Waals surface area contributed by atoms with Crippen molar-refractivity contribution in [2.45, 2.75) is 18.9 Å². The third-order valence-electron chi connectivity index (χ3n) is 4.15.